The molecule has 3 N–H and O–H groups in total. The zero-order chi connectivity index (χ0) is 27.1. The largest absolute Gasteiger partial charge is 0.459 e. The van der Waals surface area contributed by atoms with Crippen LogP contribution in [0.4, 0.5) is 13.8 Å². The molecule has 0 amide bonds. The van der Waals surface area contributed by atoms with Crippen molar-refractivity contribution in [3.63, 3.8) is 0 Å². The van der Waals surface area contributed by atoms with Crippen molar-refractivity contribution in [2.75, 3.05) is 26.4 Å². The number of nitrogens with zero attached hydrogens (tertiary/aromatic N) is 5. The number of likely N-dealkylation sites (N-methyl/N-ethyl adjacent to an activating group) is 1. The second kappa shape index (κ2) is 10.3. The Kier molecular flexibility index (Phi) is 7.11. The van der Waals surface area contributed by atoms with Crippen molar-refractivity contribution in [3.8, 4) is 23.3 Å². The lowest BCUT2D eigenvalue weighted by molar-refractivity contribution is 0.112. The standard InChI is InChI=1S/C25H22F2N6O2S.CH4O/c1-11(17-4-3-5-33(17)2)35-25-31-7-13-14-9-34-10-15(14)18(20(27)21(13)32-25)22-19-12(6-28)24(29)36-23(19)16(26)8-30-22;1-2/h7-8,11,17H,3-5,9-10,29H2,1-2H3;2H,1H3. The Hall–Kier alpha value is -3.50. The van der Waals surface area contributed by atoms with E-state index in [-0.39, 0.29) is 68.8 Å². The number of aliphatic hydroxyl groups is 1. The molecular formula is C26H26F2N6O3S. The topological polar surface area (TPSA) is 130 Å². The molecule has 2 aliphatic rings. The van der Waals surface area contributed by atoms with Crippen molar-refractivity contribution in [1.29, 1.82) is 5.26 Å². The Balaban J connectivity index is 0.00000144. The number of aromatic nitrogens is 3. The summed E-state index contributed by atoms with van der Waals surface area (Å²) in [5.74, 6) is -1.27. The molecule has 1 aromatic carbocycles. The summed E-state index contributed by atoms with van der Waals surface area (Å²) in [5, 5.41) is 17.6. The van der Waals surface area contributed by atoms with Crippen molar-refractivity contribution in [1.82, 2.24) is 19.9 Å². The number of pyridine rings is 1. The van der Waals surface area contributed by atoms with Gasteiger partial charge in [-0.2, -0.15) is 10.2 Å². The van der Waals surface area contributed by atoms with Gasteiger partial charge >= 0.3 is 6.01 Å². The highest BCUT2D eigenvalue weighted by Crippen LogP contribution is 2.45. The fourth-order valence-electron chi connectivity index (χ4n) is 5.36. The minimum Gasteiger partial charge on any atom is -0.459 e. The normalized spacial score (nSPS) is 17.8. The second-order valence-corrected chi connectivity index (χ2v) is 10.2. The molecule has 3 aromatic heterocycles. The monoisotopic (exact) mass is 540 g/mol. The lowest BCUT2D eigenvalue weighted by Crippen LogP contribution is -2.38. The molecule has 0 bridgehead atoms. The summed E-state index contributed by atoms with van der Waals surface area (Å²) >= 11 is 0.940. The van der Waals surface area contributed by atoms with E-state index < -0.39 is 11.6 Å². The van der Waals surface area contributed by atoms with Gasteiger partial charge in [-0.3, -0.25) is 9.88 Å². The van der Waals surface area contributed by atoms with Crippen LogP contribution in [0.3, 0.4) is 0 Å². The summed E-state index contributed by atoms with van der Waals surface area (Å²) in [7, 11) is 3.05. The number of thiophene rings is 1. The highest BCUT2D eigenvalue weighted by Gasteiger charge is 2.31. The van der Waals surface area contributed by atoms with E-state index in [2.05, 4.69) is 26.9 Å². The van der Waals surface area contributed by atoms with Crippen LogP contribution in [-0.4, -0.2) is 57.8 Å². The minimum absolute atomic E-state index is 0.0622. The molecule has 1 fully saturated rings. The van der Waals surface area contributed by atoms with E-state index in [1.165, 1.54) is 0 Å². The third kappa shape index (κ3) is 4.12. The summed E-state index contributed by atoms with van der Waals surface area (Å²) in [4.78, 5) is 15.3. The molecule has 12 heteroatoms. The first-order chi connectivity index (χ1) is 18.4. The highest BCUT2D eigenvalue weighted by molar-refractivity contribution is 7.23. The van der Waals surface area contributed by atoms with Crippen LogP contribution in [0, 0.1) is 23.0 Å². The molecule has 198 valence electrons. The van der Waals surface area contributed by atoms with Crippen LogP contribution in [0.5, 0.6) is 6.01 Å². The molecule has 5 heterocycles. The molecule has 6 rings (SSSR count). The Morgan fingerprint density at radius 2 is 2.03 bits per heavy atom. The molecule has 2 atom stereocenters. The van der Waals surface area contributed by atoms with Crippen molar-refractivity contribution >= 4 is 37.3 Å². The Bertz CT molecular complexity index is 1590. The van der Waals surface area contributed by atoms with E-state index in [1.807, 2.05) is 13.0 Å². The van der Waals surface area contributed by atoms with Crippen LogP contribution in [0.25, 0.3) is 32.2 Å². The van der Waals surface area contributed by atoms with Gasteiger partial charge < -0.3 is 20.3 Å². The molecule has 2 unspecified atom stereocenters. The lowest BCUT2D eigenvalue weighted by atomic mass is 9.94. The maximum absolute atomic E-state index is 16.3. The van der Waals surface area contributed by atoms with Gasteiger partial charge in [-0.15, -0.1) is 11.3 Å². The zero-order valence-electron chi connectivity index (χ0n) is 21.1. The van der Waals surface area contributed by atoms with Crippen LogP contribution in [0.2, 0.25) is 0 Å². The highest BCUT2D eigenvalue weighted by atomic mass is 32.1. The van der Waals surface area contributed by atoms with Crippen molar-refractivity contribution in [2.24, 2.45) is 0 Å². The third-order valence-electron chi connectivity index (χ3n) is 7.13. The third-order valence-corrected chi connectivity index (χ3v) is 8.16. The Morgan fingerprint density at radius 3 is 2.74 bits per heavy atom. The number of fused-ring (bicyclic) bond motifs is 4. The van der Waals surface area contributed by atoms with E-state index in [1.54, 1.807) is 6.20 Å². The predicted octanol–water partition coefficient (Wildman–Crippen LogP) is 4.14. The molecule has 0 spiro atoms. The molecule has 4 aromatic rings. The SMILES string of the molecule is CC(Oc1ncc2c3c(c(-c4ncc(F)c5sc(N)c(C#N)c45)c(F)c2n1)COC3)C1CCCN1C.CO. The van der Waals surface area contributed by atoms with Crippen molar-refractivity contribution in [3.05, 3.63) is 40.7 Å². The van der Waals surface area contributed by atoms with Gasteiger partial charge in [0.05, 0.1) is 35.4 Å². The quantitative estimate of drug-likeness (QED) is 0.392. The number of rotatable bonds is 4. The number of nitrogen functional groups attached to an aromatic ring is 1. The average Bonchev–Trinajstić information content (AvgIpc) is 3.65. The summed E-state index contributed by atoms with van der Waals surface area (Å²) in [6.45, 7) is 3.34. The van der Waals surface area contributed by atoms with Gasteiger partial charge in [-0.05, 0) is 44.5 Å². The van der Waals surface area contributed by atoms with Gasteiger partial charge in [0.2, 0.25) is 0 Å². The fraction of sp³-hybridized carbons (Fsp3) is 0.385. The average molecular weight is 541 g/mol. The van der Waals surface area contributed by atoms with E-state index in [0.717, 1.165) is 49.6 Å². The van der Waals surface area contributed by atoms with Crippen LogP contribution in [-0.2, 0) is 18.0 Å². The minimum atomic E-state index is -0.652. The van der Waals surface area contributed by atoms with E-state index in [0.29, 0.717) is 10.9 Å². The van der Waals surface area contributed by atoms with Crippen LogP contribution >= 0.6 is 11.3 Å². The molecule has 0 radical (unpaired) electrons. The number of hydrogen-bond donors (Lipinski definition) is 2. The van der Waals surface area contributed by atoms with Crippen molar-refractivity contribution < 1.29 is 23.4 Å². The Morgan fingerprint density at radius 1 is 1.26 bits per heavy atom. The van der Waals surface area contributed by atoms with Gasteiger partial charge in [0.25, 0.3) is 0 Å². The molecule has 38 heavy (non-hydrogen) atoms. The Labute approximate surface area is 221 Å². The first kappa shape index (κ1) is 26.1. The number of likely N-dealkylation sites (tertiary alicyclic amines) is 1. The summed E-state index contributed by atoms with van der Waals surface area (Å²) in [5.41, 5.74) is 7.70. The molecule has 9 nitrogen and oxygen atoms in total. The maximum atomic E-state index is 16.3. The van der Waals surface area contributed by atoms with Crippen LogP contribution in [0.1, 0.15) is 36.5 Å². The first-order valence-corrected chi connectivity index (χ1v) is 12.9. The van der Waals surface area contributed by atoms with Crippen LogP contribution in [0.15, 0.2) is 12.4 Å². The maximum Gasteiger partial charge on any atom is 0.317 e. The van der Waals surface area contributed by atoms with Gasteiger partial charge in [-0.1, -0.05) is 0 Å². The number of hydrogen-bond acceptors (Lipinski definition) is 10. The fourth-order valence-corrected chi connectivity index (χ4v) is 6.28. The smallest absolute Gasteiger partial charge is 0.317 e. The molecule has 1 saturated heterocycles. The number of halogens is 2. The molecule has 0 saturated carbocycles. The van der Waals surface area contributed by atoms with Crippen molar-refractivity contribution in [2.45, 2.75) is 45.1 Å². The van der Waals surface area contributed by atoms with Gasteiger partial charge in [0.1, 0.15) is 22.7 Å². The number of aliphatic hydroxyl groups excluding tert-OH is 1. The zero-order valence-corrected chi connectivity index (χ0v) is 21.9. The number of nitriles is 1. The predicted molar refractivity (Wildman–Crippen MR) is 140 cm³/mol. The summed E-state index contributed by atoms with van der Waals surface area (Å²) in [6, 6.07) is 2.32. The van der Waals surface area contributed by atoms with Gasteiger partial charge in [0, 0.05) is 35.7 Å². The number of benzene rings is 1. The summed E-state index contributed by atoms with van der Waals surface area (Å²) in [6.07, 6.45) is 4.50. The van der Waals surface area contributed by atoms with Crippen LogP contribution < -0.4 is 10.5 Å². The number of nitrogens with two attached hydrogens (primary N) is 1. The molecule has 0 aliphatic carbocycles. The summed E-state index contributed by atoms with van der Waals surface area (Å²) < 4.78 is 42.8. The van der Waals surface area contributed by atoms with Gasteiger partial charge in [-0.25, -0.2) is 13.8 Å². The lowest BCUT2D eigenvalue weighted by Gasteiger charge is -2.25. The van der Waals surface area contributed by atoms with E-state index in [9.17, 15) is 9.65 Å². The molecule has 2 aliphatic heterocycles. The second-order valence-electron chi connectivity index (χ2n) is 9.18. The van der Waals surface area contributed by atoms with E-state index in [4.69, 9.17) is 20.3 Å². The van der Waals surface area contributed by atoms with E-state index >= 15 is 4.39 Å². The number of ether oxygens (including phenoxy) is 2. The van der Waals surface area contributed by atoms with Gasteiger partial charge in [0.15, 0.2) is 11.6 Å². The molecular weight excluding hydrogens is 514 g/mol. The first-order valence-electron chi connectivity index (χ1n) is 12.0. The number of anilines is 1.